The molecule has 0 unspecified atom stereocenters. The summed E-state index contributed by atoms with van der Waals surface area (Å²) < 4.78 is 10.8. The SMILES string of the molecule is CCCOc1ccc(/C(O)=C2/C(=O)C(=O)N(CCCOC)[C@]23C(=O)N(CC)c2ccccc23)cc1. The second-order valence-electron chi connectivity index (χ2n) is 8.51. The monoisotopic (exact) mass is 478 g/mol. The maximum absolute atomic E-state index is 14.1. The number of rotatable bonds is 9. The number of amides is 2. The normalized spacial score (nSPS) is 20.7. The summed E-state index contributed by atoms with van der Waals surface area (Å²) in [5.41, 5.74) is -0.504. The van der Waals surface area contributed by atoms with Crippen molar-refractivity contribution in [2.75, 3.05) is 38.3 Å². The number of aliphatic hydroxyl groups is 1. The molecule has 0 bridgehead atoms. The van der Waals surface area contributed by atoms with Crippen molar-refractivity contribution >= 4 is 29.0 Å². The highest BCUT2D eigenvalue weighted by molar-refractivity contribution is 6.50. The van der Waals surface area contributed by atoms with E-state index in [0.29, 0.717) is 48.7 Å². The Morgan fingerprint density at radius 2 is 1.71 bits per heavy atom. The molecule has 8 nitrogen and oxygen atoms in total. The predicted octanol–water partition coefficient (Wildman–Crippen LogP) is 3.45. The van der Waals surface area contributed by atoms with Crippen molar-refractivity contribution in [2.45, 2.75) is 32.2 Å². The van der Waals surface area contributed by atoms with Gasteiger partial charge in [-0.15, -0.1) is 0 Å². The molecule has 8 heteroatoms. The van der Waals surface area contributed by atoms with Gasteiger partial charge in [-0.05, 0) is 50.1 Å². The van der Waals surface area contributed by atoms with Gasteiger partial charge in [-0.1, -0.05) is 25.1 Å². The number of hydrogen-bond donors (Lipinski definition) is 1. The third kappa shape index (κ3) is 3.78. The zero-order chi connectivity index (χ0) is 25.2. The van der Waals surface area contributed by atoms with Crippen LogP contribution in [0.15, 0.2) is 54.1 Å². The fourth-order valence-electron chi connectivity index (χ4n) is 4.92. The zero-order valence-corrected chi connectivity index (χ0v) is 20.2. The van der Waals surface area contributed by atoms with E-state index in [1.807, 2.05) is 13.8 Å². The van der Waals surface area contributed by atoms with Gasteiger partial charge in [0.2, 0.25) is 0 Å². The van der Waals surface area contributed by atoms with Crippen LogP contribution in [0.3, 0.4) is 0 Å². The quantitative estimate of drug-likeness (QED) is 0.257. The molecule has 2 aliphatic rings. The van der Waals surface area contributed by atoms with Gasteiger partial charge < -0.3 is 24.4 Å². The molecule has 0 aliphatic carbocycles. The van der Waals surface area contributed by atoms with E-state index in [-0.39, 0.29) is 17.9 Å². The van der Waals surface area contributed by atoms with Crippen LogP contribution in [0.25, 0.3) is 5.76 Å². The maximum atomic E-state index is 14.1. The van der Waals surface area contributed by atoms with Crippen molar-refractivity contribution in [1.82, 2.24) is 4.90 Å². The molecule has 0 aromatic heterocycles. The van der Waals surface area contributed by atoms with E-state index in [9.17, 15) is 19.5 Å². The number of para-hydroxylation sites is 1. The summed E-state index contributed by atoms with van der Waals surface area (Å²) in [5.74, 6) is -1.89. The number of ketones is 1. The van der Waals surface area contributed by atoms with Crippen molar-refractivity contribution in [1.29, 1.82) is 0 Å². The highest BCUT2D eigenvalue weighted by Crippen LogP contribution is 2.53. The van der Waals surface area contributed by atoms with Gasteiger partial charge in [0.1, 0.15) is 11.5 Å². The summed E-state index contributed by atoms with van der Waals surface area (Å²) in [5, 5.41) is 11.4. The number of carbonyl (C=O) groups excluding carboxylic acids is 3. The number of likely N-dealkylation sites (N-methyl/N-ethyl adjacent to an activating group) is 1. The van der Waals surface area contributed by atoms with E-state index in [1.54, 1.807) is 60.5 Å². The number of ether oxygens (including phenoxy) is 2. The zero-order valence-electron chi connectivity index (χ0n) is 20.2. The first-order valence-electron chi connectivity index (χ1n) is 11.9. The van der Waals surface area contributed by atoms with E-state index in [4.69, 9.17) is 9.47 Å². The topological polar surface area (TPSA) is 96.4 Å². The van der Waals surface area contributed by atoms with Gasteiger partial charge in [0.05, 0.1) is 17.9 Å². The average molecular weight is 479 g/mol. The van der Waals surface area contributed by atoms with Crippen LogP contribution in [0.5, 0.6) is 5.75 Å². The van der Waals surface area contributed by atoms with Crippen LogP contribution in [-0.4, -0.2) is 61.0 Å². The van der Waals surface area contributed by atoms with Crippen LogP contribution in [-0.2, 0) is 24.7 Å². The minimum Gasteiger partial charge on any atom is -0.507 e. The lowest BCUT2D eigenvalue weighted by Gasteiger charge is -2.34. The molecule has 1 atom stereocenters. The summed E-state index contributed by atoms with van der Waals surface area (Å²) in [7, 11) is 1.55. The number of hydrogen-bond acceptors (Lipinski definition) is 6. The molecule has 2 amide bonds. The van der Waals surface area contributed by atoms with Crippen LogP contribution in [0, 0.1) is 0 Å². The summed E-state index contributed by atoms with van der Waals surface area (Å²) in [6, 6.07) is 13.7. The van der Waals surface area contributed by atoms with Gasteiger partial charge >= 0.3 is 0 Å². The number of methoxy groups -OCH3 is 1. The fraction of sp³-hybridized carbons (Fsp3) is 0.370. The molecule has 2 aliphatic heterocycles. The molecule has 2 heterocycles. The second-order valence-corrected chi connectivity index (χ2v) is 8.51. The molecule has 1 fully saturated rings. The number of anilines is 1. The van der Waals surface area contributed by atoms with Crippen LogP contribution < -0.4 is 9.64 Å². The summed E-state index contributed by atoms with van der Waals surface area (Å²) >= 11 is 0. The second kappa shape index (κ2) is 9.92. The van der Waals surface area contributed by atoms with Crippen molar-refractivity contribution in [2.24, 2.45) is 0 Å². The van der Waals surface area contributed by atoms with Crippen LogP contribution in [0.4, 0.5) is 5.69 Å². The highest BCUT2D eigenvalue weighted by atomic mass is 16.5. The third-order valence-electron chi connectivity index (χ3n) is 6.46. The lowest BCUT2D eigenvalue weighted by molar-refractivity contribution is -0.143. The molecule has 1 N–H and O–H groups in total. The van der Waals surface area contributed by atoms with E-state index < -0.39 is 23.1 Å². The first kappa shape index (κ1) is 24.5. The Bertz CT molecular complexity index is 1170. The predicted molar refractivity (Wildman–Crippen MR) is 131 cm³/mol. The van der Waals surface area contributed by atoms with Gasteiger partial charge in [0.15, 0.2) is 5.54 Å². The third-order valence-corrected chi connectivity index (χ3v) is 6.46. The minimum absolute atomic E-state index is 0.122. The van der Waals surface area contributed by atoms with Crippen molar-refractivity contribution < 1.29 is 29.0 Å². The van der Waals surface area contributed by atoms with Crippen LogP contribution >= 0.6 is 0 Å². The van der Waals surface area contributed by atoms with Crippen molar-refractivity contribution in [3.05, 3.63) is 65.2 Å². The number of carbonyl (C=O) groups is 3. The molecule has 1 saturated heterocycles. The Balaban J connectivity index is 1.93. The minimum atomic E-state index is -1.74. The standard InChI is InChI=1S/C27H30N2O6/c1-4-16-35-19-13-11-18(12-14-19)23(30)22-24(31)25(32)29(15-8-17-34-3)27(22)20-9-6-7-10-21(20)28(5-2)26(27)33/h6-7,9-14,30H,4-5,8,15-17H2,1-3H3/b23-22+/t27-/m0/s1. The molecule has 1 spiro atoms. The summed E-state index contributed by atoms with van der Waals surface area (Å²) in [4.78, 5) is 43.7. The van der Waals surface area contributed by atoms with Crippen molar-refractivity contribution in [3.8, 4) is 5.75 Å². The number of nitrogens with zero attached hydrogens (tertiary/aromatic N) is 2. The molecular weight excluding hydrogens is 448 g/mol. The van der Waals surface area contributed by atoms with Gasteiger partial charge in [0.25, 0.3) is 17.6 Å². The maximum Gasteiger partial charge on any atom is 0.296 e. The molecule has 0 saturated carbocycles. The van der Waals surface area contributed by atoms with E-state index >= 15 is 0 Å². The molecular formula is C27H30N2O6. The number of likely N-dealkylation sites (tertiary alicyclic amines) is 1. The Morgan fingerprint density at radius 3 is 2.37 bits per heavy atom. The van der Waals surface area contributed by atoms with Gasteiger partial charge in [-0.25, -0.2) is 0 Å². The first-order chi connectivity index (χ1) is 16.9. The largest absolute Gasteiger partial charge is 0.507 e. The summed E-state index contributed by atoms with van der Waals surface area (Å²) in [6.07, 6.45) is 1.28. The number of Topliss-reactive ketones (excluding diaryl/α,β-unsaturated/α-hetero) is 1. The number of benzene rings is 2. The van der Waals surface area contributed by atoms with Gasteiger partial charge in [0, 0.05) is 37.9 Å². The molecule has 0 radical (unpaired) electrons. The van der Waals surface area contributed by atoms with Crippen LogP contribution in [0.1, 0.15) is 37.8 Å². The number of fused-ring (bicyclic) bond motifs is 2. The number of aliphatic hydroxyl groups excluding tert-OH is 1. The van der Waals surface area contributed by atoms with Crippen molar-refractivity contribution in [3.63, 3.8) is 0 Å². The Kier molecular flexibility index (Phi) is 6.93. The Morgan fingerprint density at radius 1 is 1.00 bits per heavy atom. The van der Waals surface area contributed by atoms with Gasteiger partial charge in [-0.2, -0.15) is 0 Å². The van der Waals surface area contributed by atoms with Gasteiger partial charge in [-0.3, -0.25) is 14.4 Å². The smallest absolute Gasteiger partial charge is 0.296 e. The van der Waals surface area contributed by atoms with E-state index in [2.05, 4.69) is 0 Å². The molecule has 2 aromatic carbocycles. The van der Waals surface area contributed by atoms with E-state index in [0.717, 1.165) is 6.42 Å². The Hall–Kier alpha value is -3.65. The van der Waals surface area contributed by atoms with Crippen LogP contribution in [0.2, 0.25) is 0 Å². The summed E-state index contributed by atoms with van der Waals surface area (Å²) in [6.45, 7) is 5.21. The molecule has 184 valence electrons. The molecule has 2 aromatic rings. The lowest BCUT2D eigenvalue weighted by Crippen LogP contribution is -2.52. The molecule has 4 rings (SSSR count). The van der Waals surface area contributed by atoms with E-state index in [1.165, 1.54) is 4.90 Å². The first-order valence-corrected chi connectivity index (χ1v) is 11.9. The average Bonchev–Trinajstić information content (AvgIpc) is 3.25. The lowest BCUT2D eigenvalue weighted by atomic mass is 9.82. The fourth-order valence-corrected chi connectivity index (χ4v) is 4.92. The molecule has 35 heavy (non-hydrogen) atoms. The Labute approximate surface area is 204 Å². The highest BCUT2D eigenvalue weighted by Gasteiger charge is 2.66.